The smallest absolute Gasteiger partial charge is 0.165 e. The summed E-state index contributed by atoms with van der Waals surface area (Å²) in [6, 6.07) is 6.45. The second-order valence-electron chi connectivity index (χ2n) is 4.43. The molecule has 0 atom stereocenters. The quantitative estimate of drug-likeness (QED) is 0.850. The molecule has 0 aliphatic heterocycles. The Labute approximate surface area is 122 Å². The zero-order chi connectivity index (χ0) is 14.4. The second-order valence-corrected chi connectivity index (χ2v) is 5.59. The van der Waals surface area contributed by atoms with Gasteiger partial charge in [0.05, 0.1) is 17.3 Å². The van der Waals surface area contributed by atoms with Crippen LogP contribution in [0.15, 0.2) is 24.3 Å². The van der Waals surface area contributed by atoms with Crippen molar-refractivity contribution in [2.75, 3.05) is 13.2 Å². The lowest BCUT2D eigenvalue weighted by Crippen LogP contribution is -2.11. The number of ether oxygens (including phenoxy) is 1. The first-order valence-electron chi connectivity index (χ1n) is 6.74. The minimum absolute atomic E-state index is 0.300. The van der Waals surface area contributed by atoms with E-state index < -0.39 is 0 Å². The van der Waals surface area contributed by atoms with Gasteiger partial charge in [0, 0.05) is 17.8 Å². The van der Waals surface area contributed by atoms with Crippen LogP contribution < -0.4 is 10.1 Å². The number of hydrogen-bond donors (Lipinski definition) is 1. The van der Waals surface area contributed by atoms with E-state index in [-0.39, 0.29) is 5.82 Å². The summed E-state index contributed by atoms with van der Waals surface area (Å²) in [5.74, 6) is -0.0238. The molecule has 0 radical (unpaired) electrons. The van der Waals surface area contributed by atoms with Crippen LogP contribution in [0.1, 0.15) is 22.5 Å². The second kappa shape index (κ2) is 7.36. The van der Waals surface area contributed by atoms with Gasteiger partial charge in [-0.1, -0.05) is 19.1 Å². The van der Waals surface area contributed by atoms with E-state index in [0.717, 1.165) is 23.8 Å². The van der Waals surface area contributed by atoms with E-state index in [2.05, 4.69) is 17.2 Å². The lowest BCUT2D eigenvalue weighted by atomic mass is 10.3. The highest BCUT2D eigenvalue weighted by molar-refractivity contribution is 7.11. The van der Waals surface area contributed by atoms with Crippen molar-refractivity contribution in [3.63, 3.8) is 0 Å². The molecule has 1 aromatic carbocycles. The number of rotatable bonds is 7. The van der Waals surface area contributed by atoms with Gasteiger partial charge in [0.1, 0.15) is 0 Å². The van der Waals surface area contributed by atoms with Crippen LogP contribution in [0.2, 0.25) is 0 Å². The Hall–Kier alpha value is -1.46. The first-order chi connectivity index (χ1) is 9.70. The summed E-state index contributed by atoms with van der Waals surface area (Å²) in [7, 11) is 0. The molecule has 3 nitrogen and oxygen atoms in total. The maximum Gasteiger partial charge on any atom is 0.165 e. The summed E-state index contributed by atoms with van der Waals surface area (Å²) in [5.41, 5.74) is 1.07. The summed E-state index contributed by atoms with van der Waals surface area (Å²) < 4.78 is 18.8. The number of aryl methyl sites for hydroxylation is 1. The van der Waals surface area contributed by atoms with E-state index in [9.17, 15) is 4.39 Å². The molecule has 1 aromatic heterocycles. The van der Waals surface area contributed by atoms with Crippen molar-refractivity contribution < 1.29 is 9.13 Å². The van der Waals surface area contributed by atoms with Crippen molar-refractivity contribution in [3.8, 4) is 5.75 Å². The highest BCUT2D eigenvalue weighted by Crippen LogP contribution is 2.20. The fourth-order valence-electron chi connectivity index (χ4n) is 1.81. The number of benzene rings is 1. The Balaban J connectivity index is 1.87. The summed E-state index contributed by atoms with van der Waals surface area (Å²) in [6.45, 7) is 6.34. The molecule has 0 saturated carbocycles. The van der Waals surface area contributed by atoms with Gasteiger partial charge in [-0.25, -0.2) is 9.37 Å². The van der Waals surface area contributed by atoms with Gasteiger partial charge in [0.25, 0.3) is 0 Å². The van der Waals surface area contributed by atoms with E-state index in [4.69, 9.17) is 4.74 Å². The van der Waals surface area contributed by atoms with Gasteiger partial charge < -0.3 is 10.1 Å². The maximum atomic E-state index is 13.4. The van der Waals surface area contributed by atoms with E-state index in [1.807, 2.05) is 6.92 Å². The van der Waals surface area contributed by atoms with Gasteiger partial charge >= 0.3 is 0 Å². The molecule has 2 rings (SSSR count). The van der Waals surface area contributed by atoms with E-state index >= 15 is 0 Å². The zero-order valence-electron chi connectivity index (χ0n) is 11.8. The molecule has 1 heterocycles. The Morgan fingerprint density at radius 3 is 2.90 bits per heavy atom. The number of thiazole rings is 1. The average Bonchev–Trinajstić information content (AvgIpc) is 2.79. The summed E-state index contributed by atoms with van der Waals surface area (Å²) >= 11 is 1.69. The standard InChI is InChI=1S/C15H19FN2OS/c1-3-17-10-14-11(2)18-15(20-14)8-9-19-13-7-5-4-6-12(13)16/h4-7,17H,3,8-10H2,1-2H3. The molecule has 0 aliphatic carbocycles. The highest BCUT2D eigenvalue weighted by atomic mass is 32.1. The topological polar surface area (TPSA) is 34.1 Å². The number of aromatic nitrogens is 1. The number of hydrogen-bond acceptors (Lipinski definition) is 4. The van der Waals surface area contributed by atoms with Crippen molar-refractivity contribution in [3.05, 3.63) is 45.7 Å². The van der Waals surface area contributed by atoms with Crippen LogP contribution in [-0.4, -0.2) is 18.1 Å². The van der Waals surface area contributed by atoms with Crippen molar-refractivity contribution >= 4 is 11.3 Å². The molecular weight excluding hydrogens is 275 g/mol. The predicted molar refractivity (Wildman–Crippen MR) is 79.8 cm³/mol. The highest BCUT2D eigenvalue weighted by Gasteiger charge is 2.08. The van der Waals surface area contributed by atoms with Crippen LogP contribution in [0.4, 0.5) is 4.39 Å². The third-order valence-corrected chi connectivity index (χ3v) is 4.10. The molecule has 0 aliphatic rings. The normalized spacial score (nSPS) is 10.8. The van der Waals surface area contributed by atoms with Crippen molar-refractivity contribution in [2.24, 2.45) is 0 Å². The van der Waals surface area contributed by atoms with Crippen molar-refractivity contribution in [1.29, 1.82) is 0 Å². The van der Waals surface area contributed by atoms with Gasteiger partial charge in [-0.3, -0.25) is 0 Å². The third-order valence-electron chi connectivity index (χ3n) is 2.88. The maximum absolute atomic E-state index is 13.4. The van der Waals surface area contributed by atoms with Crippen LogP contribution in [0, 0.1) is 12.7 Å². The molecule has 2 aromatic rings. The molecule has 0 amide bonds. The Bertz CT molecular complexity index is 557. The van der Waals surface area contributed by atoms with E-state index in [1.165, 1.54) is 10.9 Å². The van der Waals surface area contributed by atoms with Gasteiger partial charge in [0.2, 0.25) is 0 Å². The van der Waals surface area contributed by atoms with Crippen LogP contribution >= 0.6 is 11.3 Å². The van der Waals surface area contributed by atoms with Crippen molar-refractivity contribution in [2.45, 2.75) is 26.8 Å². The lowest BCUT2D eigenvalue weighted by molar-refractivity contribution is 0.305. The first kappa shape index (κ1) is 14.9. The summed E-state index contributed by atoms with van der Waals surface area (Å²) in [5, 5.41) is 4.33. The largest absolute Gasteiger partial charge is 0.490 e. The number of nitrogens with zero attached hydrogens (tertiary/aromatic N) is 1. The monoisotopic (exact) mass is 294 g/mol. The molecule has 20 heavy (non-hydrogen) atoms. The van der Waals surface area contributed by atoms with E-state index in [0.29, 0.717) is 18.8 Å². The van der Waals surface area contributed by atoms with Gasteiger partial charge in [0.15, 0.2) is 11.6 Å². The van der Waals surface area contributed by atoms with Gasteiger partial charge in [-0.15, -0.1) is 11.3 Å². The van der Waals surface area contributed by atoms with Crippen LogP contribution in [0.25, 0.3) is 0 Å². The first-order valence-corrected chi connectivity index (χ1v) is 7.55. The SMILES string of the molecule is CCNCc1sc(CCOc2ccccc2F)nc1C. The average molecular weight is 294 g/mol. The predicted octanol–water partition coefficient (Wildman–Crippen LogP) is 3.32. The molecule has 1 N–H and O–H groups in total. The molecule has 5 heteroatoms. The molecule has 108 valence electrons. The Morgan fingerprint density at radius 1 is 1.35 bits per heavy atom. The molecule has 0 fully saturated rings. The van der Waals surface area contributed by atoms with Crippen LogP contribution in [-0.2, 0) is 13.0 Å². The van der Waals surface area contributed by atoms with Gasteiger partial charge in [-0.05, 0) is 25.6 Å². The molecular formula is C15H19FN2OS. The minimum Gasteiger partial charge on any atom is -0.490 e. The van der Waals surface area contributed by atoms with Crippen LogP contribution in [0.3, 0.4) is 0 Å². The third kappa shape index (κ3) is 4.02. The Kier molecular flexibility index (Phi) is 5.49. The van der Waals surface area contributed by atoms with Gasteiger partial charge in [-0.2, -0.15) is 0 Å². The Morgan fingerprint density at radius 2 is 2.15 bits per heavy atom. The molecule has 0 bridgehead atoms. The summed E-state index contributed by atoms with van der Waals surface area (Å²) in [4.78, 5) is 5.78. The molecule has 0 spiro atoms. The lowest BCUT2D eigenvalue weighted by Gasteiger charge is -2.05. The summed E-state index contributed by atoms with van der Waals surface area (Å²) in [6.07, 6.45) is 0.700. The number of halogens is 1. The van der Waals surface area contributed by atoms with E-state index in [1.54, 1.807) is 29.5 Å². The minimum atomic E-state index is -0.323. The zero-order valence-corrected chi connectivity index (χ0v) is 12.6. The number of para-hydroxylation sites is 1. The number of nitrogens with one attached hydrogen (secondary N) is 1. The fourth-order valence-corrected chi connectivity index (χ4v) is 2.83. The fraction of sp³-hybridized carbons (Fsp3) is 0.400. The molecule has 0 saturated heterocycles. The van der Waals surface area contributed by atoms with Crippen molar-refractivity contribution in [1.82, 2.24) is 10.3 Å². The molecule has 0 unspecified atom stereocenters. The van der Waals surface area contributed by atoms with Crippen LogP contribution in [0.5, 0.6) is 5.75 Å².